The molecular formula is C16H14N6O3S2. The van der Waals surface area contributed by atoms with Crippen molar-refractivity contribution in [3.05, 3.63) is 57.5 Å². The highest BCUT2D eigenvalue weighted by Gasteiger charge is 2.12. The van der Waals surface area contributed by atoms with Crippen molar-refractivity contribution in [3.63, 3.8) is 0 Å². The van der Waals surface area contributed by atoms with Gasteiger partial charge in [-0.25, -0.2) is 5.43 Å². The molecule has 3 aromatic rings. The summed E-state index contributed by atoms with van der Waals surface area (Å²) in [4.78, 5) is 22.6. The van der Waals surface area contributed by atoms with E-state index in [0.29, 0.717) is 10.0 Å². The van der Waals surface area contributed by atoms with Gasteiger partial charge in [0, 0.05) is 18.7 Å². The number of amides is 1. The van der Waals surface area contributed by atoms with Crippen molar-refractivity contribution >= 4 is 40.2 Å². The van der Waals surface area contributed by atoms with E-state index in [2.05, 4.69) is 20.7 Å². The molecule has 9 nitrogen and oxygen atoms in total. The zero-order valence-corrected chi connectivity index (χ0v) is 15.7. The fourth-order valence-electron chi connectivity index (χ4n) is 2.12. The second kappa shape index (κ2) is 8.56. The van der Waals surface area contributed by atoms with Crippen molar-refractivity contribution in [1.29, 1.82) is 0 Å². The molecule has 138 valence electrons. The molecule has 0 fully saturated rings. The van der Waals surface area contributed by atoms with E-state index < -0.39 is 4.92 Å². The SMILES string of the molecule is Cn1c(SCC(=O)N/N=C\c2ccc([N+](=O)[O-])s2)nnc1-c1ccccc1. The molecule has 0 radical (unpaired) electrons. The minimum atomic E-state index is -0.470. The minimum Gasteiger partial charge on any atom is -0.305 e. The van der Waals surface area contributed by atoms with Crippen LogP contribution < -0.4 is 5.43 Å². The number of benzene rings is 1. The van der Waals surface area contributed by atoms with Gasteiger partial charge in [-0.2, -0.15) is 5.10 Å². The molecule has 0 saturated carbocycles. The van der Waals surface area contributed by atoms with Crippen LogP contribution in [-0.2, 0) is 11.8 Å². The number of thiophene rings is 1. The third kappa shape index (κ3) is 4.77. The molecule has 0 atom stereocenters. The van der Waals surface area contributed by atoms with Crippen molar-refractivity contribution in [2.75, 3.05) is 5.75 Å². The molecule has 0 spiro atoms. The number of nitro groups is 1. The van der Waals surface area contributed by atoms with E-state index in [4.69, 9.17) is 0 Å². The first-order chi connectivity index (χ1) is 13.0. The van der Waals surface area contributed by atoms with Crippen LogP contribution >= 0.6 is 23.1 Å². The van der Waals surface area contributed by atoms with E-state index in [1.807, 2.05) is 41.9 Å². The van der Waals surface area contributed by atoms with Crippen molar-refractivity contribution in [1.82, 2.24) is 20.2 Å². The number of rotatable bonds is 7. The largest absolute Gasteiger partial charge is 0.324 e. The zero-order valence-electron chi connectivity index (χ0n) is 14.1. The maximum atomic E-state index is 11.9. The van der Waals surface area contributed by atoms with Gasteiger partial charge in [0.2, 0.25) is 0 Å². The van der Waals surface area contributed by atoms with Crippen LogP contribution in [0.15, 0.2) is 52.7 Å². The molecule has 2 heterocycles. The smallest absolute Gasteiger partial charge is 0.305 e. The maximum Gasteiger partial charge on any atom is 0.324 e. The molecule has 11 heteroatoms. The monoisotopic (exact) mass is 402 g/mol. The Labute approximate surface area is 162 Å². The summed E-state index contributed by atoms with van der Waals surface area (Å²) >= 11 is 2.22. The van der Waals surface area contributed by atoms with Gasteiger partial charge < -0.3 is 4.57 Å². The quantitative estimate of drug-likeness (QED) is 0.281. The van der Waals surface area contributed by atoms with Gasteiger partial charge in [-0.05, 0) is 6.07 Å². The van der Waals surface area contributed by atoms with E-state index in [-0.39, 0.29) is 16.7 Å². The van der Waals surface area contributed by atoms with Gasteiger partial charge in [-0.3, -0.25) is 14.9 Å². The van der Waals surface area contributed by atoms with E-state index in [1.54, 1.807) is 6.07 Å². The summed E-state index contributed by atoms with van der Waals surface area (Å²) in [6.07, 6.45) is 1.37. The summed E-state index contributed by atoms with van der Waals surface area (Å²) in [6.45, 7) is 0. The number of nitrogens with one attached hydrogen (secondary N) is 1. The number of hydrazone groups is 1. The summed E-state index contributed by atoms with van der Waals surface area (Å²) in [5.41, 5.74) is 3.33. The lowest BCUT2D eigenvalue weighted by molar-refractivity contribution is -0.380. The van der Waals surface area contributed by atoms with Crippen LogP contribution in [-0.4, -0.2) is 37.6 Å². The minimum absolute atomic E-state index is 0.0230. The van der Waals surface area contributed by atoms with Gasteiger partial charge in [0.15, 0.2) is 11.0 Å². The second-order valence-corrected chi connectivity index (χ2v) is 7.28. The van der Waals surface area contributed by atoms with Crippen LogP contribution in [0.2, 0.25) is 0 Å². The molecule has 1 aromatic carbocycles. The fraction of sp³-hybridized carbons (Fsp3) is 0.125. The Balaban J connectivity index is 1.53. The van der Waals surface area contributed by atoms with E-state index in [0.717, 1.165) is 22.7 Å². The average Bonchev–Trinajstić information content (AvgIpc) is 3.28. The van der Waals surface area contributed by atoms with Crippen LogP contribution in [0.1, 0.15) is 4.88 Å². The van der Waals surface area contributed by atoms with Crippen molar-refractivity contribution in [3.8, 4) is 11.4 Å². The summed E-state index contributed by atoms with van der Waals surface area (Å²) in [6, 6.07) is 12.6. The first-order valence-electron chi connectivity index (χ1n) is 7.68. The third-order valence-corrected chi connectivity index (χ3v) is 5.36. The standard InChI is InChI=1S/C16H14N6O3S2/c1-21-15(11-5-3-2-4-6-11)19-20-16(21)26-10-13(23)18-17-9-12-7-8-14(27-12)22(24)25/h2-9H,10H2,1H3,(H,18,23)/b17-9-. The lowest BCUT2D eigenvalue weighted by Crippen LogP contribution is -2.19. The Bertz CT molecular complexity index is 983. The van der Waals surface area contributed by atoms with Crippen LogP contribution in [0, 0.1) is 10.1 Å². The van der Waals surface area contributed by atoms with Crippen LogP contribution in [0.25, 0.3) is 11.4 Å². The van der Waals surface area contributed by atoms with Gasteiger partial charge in [0.25, 0.3) is 5.91 Å². The first kappa shape index (κ1) is 18.7. The highest BCUT2D eigenvalue weighted by atomic mass is 32.2. The Morgan fingerprint density at radius 1 is 1.33 bits per heavy atom. The Morgan fingerprint density at radius 2 is 2.11 bits per heavy atom. The number of carbonyl (C=O) groups excluding carboxylic acids is 1. The number of nitrogens with zero attached hydrogens (tertiary/aromatic N) is 5. The molecule has 1 N–H and O–H groups in total. The van der Waals surface area contributed by atoms with E-state index in [1.165, 1.54) is 24.0 Å². The van der Waals surface area contributed by atoms with Gasteiger partial charge in [0.1, 0.15) is 0 Å². The molecular weight excluding hydrogens is 388 g/mol. The van der Waals surface area contributed by atoms with E-state index >= 15 is 0 Å². The number of hydrogen-bond acceptors (Lipinski definition) is 8. The normalized spacial score (nSPS) is 11.0. The summed E-state index contributed by atoms with van der Waals surface area (Å²) in [7, 11) is 1.84. The van der Waals surface area contributed by atoms with Gasteiger partial charge in [0.05, 0.1) is 21.8 Å². The lowest BCUT2D eigenvalue weighted by atomic mass is 10.2. The Hall–Kier alpha value is -3.05. The summed E-state index contributed by atoms with van der Waals surface area (Å²) in [5.74, 6) is 0.519. The van der Waals surface area contributed by atoms with Gasteiger partial charge in [-0.1, -0.05) is 53.4 Å². The molecule has 0 aliphatic rings. The highest BCUT2D eigenvalue weighted by molar-refractivity contribution is 7.99. The predicted molar refractivity (Wildman–Crippen MR) is 104 cm³/mol. The van der Waals surface area contributed by atoms with E-state index in [9.17, 15) is 14.9 Å². The first-order valence-corrected chi connectivity index (χ1v) is 9.48. The molecule has 3 rings (SSSR count). The van der Waals surface area contributed by atoms with Crippen LogP contribution in [0.4, 0.5) is 5.00 Å². The number of thioether (sulfide) groups is 1. The zero-order chi connectivity index (χ0) is 19.2. The molecule has 2 aromatic heterocycles. The molecule has 27 heavy (non-hydrogen) atoms. The highest BCUT2D eigenvalue weighted by Crippen LogP contribution is 2.23. The lowest BCUT2D eigenvalue weighted by Gasteiger charge is -2.03. The molecule has 0 unspecified atom stereocenters. The molecule has 0 aliphatic heterocycles. The van der Waals surface area contributed by atoms with Gasteiger partial charge >= 0.3 is 5.00 Å². The fourth-order valence-corrected chi connectivity index (χ4v) is 3.52. The van der Waals surface area contributed by atoms with Crippen LogP contribution in [0.5, 0.6) is 0 Å². The molecule has 1 amide bonds. The topological polar surface area (TPSA) is 115 Å². The van der Waals surface area contributed by atoms with Crippen molar-refractivity contribution in [2.45, 2.75) is 5.16 Å². The average molecular weight is 402 g/mol. The van der Waals surface area contributed by atoms with Gasteiger partial charge in [-0.15, -0.1) is 10.2 Å². The summed E-state index contributed by atoms with van der Waals surface area (Å²) in [5, 5.41) is 23.3. The van der Waals surface area contributed by atoms with Crippen LogP contribution in [0.3, 0.4) is 0 Å². The Kier molecular flexibility index (Phi) is 5.94. The molecule has 0 aliphatic carbocycles. The molecule has 0 bridgehead atoms. The maximum absolute atomic E-state index is 11.9. The second-order valence-electron chi connectivity index (χ2n) is 5.25. The Morgan fingerprint density at radius 3 is 2.81 bits per heavy atom. The molecule has 0 saturated heterocycles. The number of carbonyl (C=O) groups is 1. The third-order valence-electron chi connectivity index (χ3n) is 3.37. The predicted octanol–water partition coefficient (Wildman–Crippen LogP) is 2.69. The van der Waals surface area contributed by atoms with Crippen molar-refractivity contribution in [2.24, 2.45) is 12.1 Å². The number of hydrogen-bond donors (Lipinski definition) is 1. The number of aromatic nitrogens is 3. The van der Waals surface area contributed by atoms with Crippen molar-refractivity contribution < 1.29 is 9.72 Å². The summed E-state index contributed by atoms with van der Waals surface area (Å²) < 4.78 is 1.82.